The van der Waals surface area contributed by atoms with Crippen molar-refractivity contribution in [1.82, 2.24) is 20.5 Å². The van der Waals surface area contributed by atoms with Crippen LogP contribution < -0.4 is 10.6 Å². The standard InChI is InChI=1S/C29H40N4O4S/c1-5-29(11-6-12-29)28(37)32-23(13-18(2)3)27(36)33-16-22(34)14-24(33)26(35)30-15-20-7-9-21(10-8-20)25-19(4)31-17-38-25/h7-10,17-18,22-24,34H,5-6,11-16H2,1-4H3,(H,30,35)(H,32,37). The minimum atomic E-state index is -0.777. The van der Waals surface area contributed by atoms with Gasteiger partial charge in [-0.1, -0.05) is 51.5 Å². The normalized spacial score (nSPS) is 21.2. The summed E-state index contributed by atoms with van der Waals surface area (Å²) in [6.07, 6.45) is 3.35. The highest BCUT2D eigenvalue weighted by Crippen LogP contribution is 2.44. The SMILES string of the molecule is CCC1(C(=O)NC(CC(C)C)C(=O)N2CC(O)CC2C(=O)NCc2ccc(-c3scnc3C)cc2)CCC1. The molecule has 3 N–H and O–H groups in total. The number of rotatable bonds is 10. The molecule has 0 bridgehead atoms. The van der Waals surface area contributed by atoms with Gasteiger partial charge in [0.05, 0.1) is 22.2 Å². The smallest absolute Gasteiger partial charge is 0.245 e. The van der Waals surface area contributed by atoms with Crippen molar-refractivity contribution in [2.45, 2.75) is 91.0 Å². The molecule has 1 saturated carbocycles. The Hall–Kier alpha value is -2.78. The molecule has 2 aliphatic rings. The molecule has 1 aromatic carbocycles. The maximum absolute atomic E-state index is 13.7. The van der Waals surface area contributed by atoms with Gasteiger partial charge < -0.3 is 20.6 Å². The lowest BCUT2D eigenvalue weighted by Gasteiger charge is -2.41. The third kappa shape index (κ3) is 6.10. The van der Waals surface area contributed by atoms with Gasteiger partial charge in [0.25, 0.3) is 0 Å². The Kier molecular flexibility index (Phi) is 8.88. The zero-order valence-corrected chi connectivity index (χ0v) is 23.6. The van der Waals surface area contributed by atoms with Crippen molar-refractivity contribution in [2.75, 3.05) is 6.54 Å². The van der Waals surface area contributed by atoms with Crippen LogP contribution in [-0.4, -0.2) is 57.4 Å². The van der Waals surface area contributed by atoms with Crippen LogP contribution in [-0.2, 0) is 20.9 Å². The summed E-state index contributed by atoms with van der Waals surface area (Å²) in [5.41, 5.74) is 4.46. The number of amides is 3. The summed E-state index contributed by atoms with van der Waals surface area (Å²) < 4.78 is 0. The first kappa shape index (κ1) is 28.2. The highest BCUT2D eigenvalue weighted by molar-refractivity contribution is 7.13. The number of aromatic nitrogens is 1. The van der Waals surface area contributed by atoms with Crippen molar-refractivity contribution in [3.05, 3.63) is 41.0 Å². The Morgan fingerprint density at radius 2 is 1.92 bits per heavy atom. The van der Waals surface area contributed by atoms with E-state index in [4.69, 9.17) is 0 Å². The molecule has 1 aliphatic carbocycles. The van der Waals surface area contributed by atoms with Gasteiger partial charge >= 0.3 is 0 Å². The number of nitrogens with zero attached hydrogens (tertiary/aromatic N) is 2. The average Bonchev–Trinajstić information content (AvgIpc) is 3.46. The van der Waals surface area contributed by atoms with Crippen molar-refractivity contribution in [1.29, 1.82) is 0 Å². The molecule has 38 heavy (non-hydrogen) atoms. The zero-order valence-electron chi connectivity index (χ0n) is 22.8. The maximum atomic E-state index is 13.7. The molecule has 2 aromatic rings. The maximum Gasteiger partial charge on any atom is 0.245 e. The third-order valence-electron chi connectivity index (χ3n) is 8.07. The molecule has 1 aliphatic heterocycles. The minimum Gasteiger partial charge on any atom is -0.391 e. The van der Waals surface area contributed by atoms with Gasteiger partial charge in [-0.2, -0.15) is 0 Å². The summed E-state index contributed by atoms with van der Waals surface area (Å²) in [4.78, 5) is 46.9. The highest BCUT2D eigenvalue weighted by atomic mass is 32.1. The molecule has 3 unspecified atom stereocenters. The van der Waals surface area contributed by atoms with E-state index in [9.17, 15) is 19.5 Å². The molecule has 1 saturated heterocycles. The second kappa shape index (κ2) is 11.9. The van der Waals surface area contributed by atoms with Gasteiger partial charge in [-0.15, -0.1) is 11.3 Å². The number of aryl methyl sites for hydroxylation is 1. The number of carbonyl (C=O) groups is 3. The second-order valence-corrected chi connectivity index (χ2v) is 12.1. The lowest BCUT2D eigenvalue weighted by Crippen LogP contribution is -2.57. The van der Waals surface area contributed by atoms with E-state index in [1.54, 1.807) is 11.3 Å². The van der Waals surface area contributed by atoms with Crippen LogP contribution in [0.3, 0.4) is 0 Å². The Bertz CT molecular complexity index is 1140. The number of carbonyl (C=O) groups excluding carboxylic acids is 3. The molecule has 1 aromatic heterocycles. The topological polar surface area (TPSA) is 112 Å². The molecular weight excluding hydrogens is 500 g/mol. The van der Waals surface area contributed by atoms with Crippen LogP contribution in [0.25, 0.3) is 10.4 Å². The van der Waals surface area contributed by atoms with Crippen molar-refractivity contribution in [3.63, 3.8) is 0 Å². The molecular formula is C29H40N4O4S. The fourth-order valence-electron chi connectivity index (χ4n) is 5.51. The monoisotopic (exact) mass is 540 g/mol. The summed E-state index contributed by atoms with van der Waals surface area (Å²) in [7, 11) is 0. The number of thiazole rings is 1. The Balaban J connectivity index is 1.41. The van der Waals surface area contributed by atoms with Crippen molar-refractivity contribution < 1.29 is 19.5 Å². The van der Waals surface area contributed by atoms with E-state index in [2.05, 4.69) is 15.6 Å². The van der Waals surface area contributed by atoms with Crippen LogP contribution in [0.4, 0.5) is 0 Å². The summed E-state index contributed by atoms with van der Waals surface area (Å²) >= 11 is 1.59. The van der Waals surface area contributed by atoms with Crippen LogP contribution in [0.5, 0.6) is 0 Å². The van der Waals surface area contributed by atoms with E-state index in [0.717, 1.165) is 47.4 Å². The molecule has 2 heterocycles. The molecule has 3 amide bonds. The molecule has 0 spiro atoms. The van der Waals surface area contributed by atoms with Gasteiger partial charge in [0.15, 0.2) is 0 Å². The fraction of sp³-hybridized carbons (Fsp3) is 0.586. The molecule has 4 rings (SSSR count). The summed E-state index contributed by atoms with van der Waals surface area (Å²) in [6, 6.07) is 6.49. The molecule has 8 nitrogen and oxygen atoms in total. The predicted molar refractivity (Wildman–Crippen MR) is 148 cm³/mol. The van der Waals surface area contributed by atoms with Crippen LogP contribution in [0.1, 0.15) is 70.6 Å². The number of hydrogen-bond acceptors (Lipinski definition) is 6. The quantitative estimate of drug-likeness (QED) is 0.424. The van der Waals surface area contributed by atoms with E-state index in [-0.39, 0.29) is 42.0 Å². The predicted octanol–water partition coefficient (Wildman–Crippen LogP) is 3.81. The van der Waals surface area contributed by atoms with Crippen molar-refractivity contribution in [2.24, 2.45) is 11.3 Å². The average molecular weight is 541 g/mol. The Labute approximate surface area is 229 Å². The number of nitrogens with one attached hydrogen (secondary N) is 2. The fourth-order valence-corrected chi connectivity index (χ4v) is 6.33. The first-order valence-corrected chi connectivity index (χ1v) is 14.6. The van der Waals surface area contributed by atoms with E-state index >= 15 is 0 Å². The van der Waals surface area contributed by atoms with Crippen molar-refractivity contribution in [3.8, 4) is 10.4 Å². The summed E-state index contributed by atoms with van der Waals surface area (Å²) in [5, 5.41) is 16.4. The van der Waals surface area contributed by atoms with Gasteiger partial charge in [0.2, 0.25) is 17.7 Å². The second-order valence-electron chi connectivity index (χ2n) is 11.2. The number of β-amino-alcohol motifs (C(OH)–C–C–N with tert-alkyl or cyclic N) is 1. The lowest BCUT2D eigenvalue weighted by molar-refractivity contribution is -0.145. The minimum absolute atomic E-state index is 0.0667. The number of benzene rings is 1. The Morgan fingerprint density at radius 1 is 1.21 bits per heavy atom. The number of hydrogen-bond donors (Lipinski definition) is 3. The van der Waals surface area contributed by atoms with Gasteiger partial charge in [-0.25, -0.2) is 4.98 Å². The van der Waals surface area contributed by atoms with Crippen LogP contribution in [0, 0.1) is 18.3 Å². The third-order valence-corrected chi connectivity index (χ3v) is 9.05. The highest BCUT2D eigenvalue weighted by Gasteiger charge is 2.45. The van der Waals surface area contributed by atoms with E-state index in [1.165, 1.54) is 4.90 Å². The molecule has 0 radical (unpaired) electrons. The van der Waals surface area contributed by atoms with E-state index in [0.29, 0.717) is 13.0 Å². The lowest BCUT2D eigenvalue weighted by atomic mass is 9.66. The van der Waals surface area contributed by atoms with Gasteiger partial charge in [0.1, 0.15) is 12.1 Å². The summed E-state index contributed by atoms with van der Waals surface area (Å²) in [6.45, 7) is 8.42. The van der Waals surface area contributed by atoms with Gasteiger partial charge in [0, 0.05) is 24.9 Å². The number of likely N-dealkylation sites (tertiary alicyclic amines) is 1. The van der Waals surface area contributed by atoms with Gasteiger partial charge in [-0.05, 0) is 49.7 Å². The first-order valence-electron chi connectivity index (χ1n) is 13.7. The van der Waals surface area contributed by atoms with Crippen LogP contribution in [0.15, 0.2) is 29.8 Å². The molecule has 9 heteroatoms. The number of aliphatic hydroxyl groups excluding tert-OH is 1. The van der Waals surface area contributed by atoms with Crippen LogP contribution in [0.2, 0.25) is 0 Å². The molecule has 2 fully saturated rings. The zero-order chi connectivity index (χ0) is 27.4. The largest absolute Gasteiger partial charge is 0.391 e. The van der Waals surface area contributed by atoms with Crippen molar-refractivity contribution >= 4 is 29.1 Å². The number of aliphatic hydroxyl groups is 1. The van der Waals surface area contributed by atoms with Gasteiger partial charge in [-0.3, -0.25) is 14.4 Å². The first-order chi connectivity index (χ1) is 18.1. The molecule has 3 atom stereocenters. The van der Waals surface area contributed by atoms with E-state index in [1.807, 2.05) is 57.5 Å². The van der Waals surface area contributed by atoms with E-state index < -0.39 is 18.2 Å². The Morgan fingerprint density at radius 3 is 2.47 bits per heavy atom. The van der Waals surface area contributed by atoms with Crippen LogP contribution >= 0.6 is 11.3 Å². The summed E-state index contributed by atoms with van der Waals surface area (Å²) in [5.74, 6) is -0.475. The molecule has 206 valence electrons.